The Hall–Kier alpha value is -2.64. The van der Waals surface area contributed by atoms with Gasteiger partial charge in [-0.05, 0) is 49.2 Å². The SMILES string of the molecule is CCN(CC)C(=O)c1ccc([C@@H]2O[C@H]2c2ccc(C#N)cc2)cc1. The highest BCUT2D eigenvalue weighted by Crippen LogP contribution is 2.50. The van der Waals surface area contributed by atoms with Crippen molar-refractivity contribution in [2.45, 2.75) is 26.1 Å². The predicted octanol–water partition coefficient (Wildman–Crippen LogP) is 3.85. The molecule has 0 bridgehead atoms. The average Bonchev–Trinajstić information content (AvgIpc) is 3.43. The van der Waals surface area contributed by atoms with E-state index in [1.165, 1.54) is 0 Å². The summed E-state index contributed by atoms with van der Waals surface area (Å²) in [6.45, 7) is 5.39. The largest absolute Gasteiger partial charge is 0.359 e. The molecule has 1 aliphatic heterocycles. The van der Waals surface area contributed by atoms with E-state index in [0.29, 0.717) is 24.2 Å². The summed E-state index contributed by atoms with van der Waals surface area (Å²) < 4.78 is 5.77. The summed E-state index contributed by atoms with van der Waals surface area (Å²) in [6, 6.07) is 17.3. The highest BCUT2D eigenvalue weighted by atomic mass is 16.6. The van der Waals surface area contributed by atoms with Gasteiger partial charge in [-0.1, -0.05) is 24.3 Å². The number of nitriles is 1. The van der Waals surface area contributed by atoms with E-state index >= 15 is 0 Å². The first-order valence-corrected chi connectivity index (χ1v) is 8.22. The highest BCUT2D eigenvalue weighted by Gasteiger charge is 2.41. The third-order valence-electron chi connectivity index (χ3n) is 4.40. The van der Waals surface area contributed by atoms with Crippen molar-refractivity contribution in [3.8, 4) is 6.07 Å². The van der Waals surface area contributed by atoms with Crippen molar-refractivity contribution >= 4 is 5.91 Å². The fraction of sp³-hybridized carbons (Fsp3) is 0.300. The number of hydrogen-bond donors (Lipinski definition) is 0. The van der Waals surface area contributed by atoms with Crippen molar-refractivity contribution < 1.29 is 9.53 Å². The lowest BCUT2D eigenvalue weighted by atomic mass is 10.0. The normalized spacial score (nSPS) is 18.7. The molecule has 0 spiro atoms. The Morgan fingerprint density at radius 1 is 1.00 bits per heavy atom. The molecule has 0 aliphatic carbocycles. The van der Waals surface area contributed by atoms with Crippen LogP contribution >= 0.6 is 0 Å². The summed E-state index contributed by atoms with van der Waals surface area (Å²) in [6.07, 6.45) is 0.0533. The first-order valence-electron chi connectivity index (χ1n) is 8.22. The molecule has 0 N–H and O–H groups in total. The van der Waals surface area contributed by atoms with Crippen LogP contribution in [0.15, 0.2) is 48.5 Å². The number of carbonyl (C=O) groups excluding carboxylic acids is 1. The van der Waals surface area contributed by atoms with Gasteiger partial charge in [0, 0.05) is 18.7 Å². The van der Waals surface area contributed by atoms with E-state index in [1.807, 2.05) is 55.1 Å². The summed E-state index contributed by atoms with van der Waals surface area (Å²) in [5.41, 5.74) is 3.50. The van der Waals surface area contributed by atoms with Gasteiger partial charge >= 0.3 is 0 Å². The zero-order valence-electron chi connectivity index (χ0n) is 13.9. The van der Waals surface area contributed by atoms with Crippen LogP contribution in [0.25, 0.3) is 0 Å². The third-order valence-corrected chi connectivity index (χ3v) is 4.40. The van der Waals surface area contributed by atoms with E-state index in [2.05, 4.69) is 6.07 Å². The molecule has 1 saturated heterocycles. The number of rotatable bonds is 5. The molecule has 1 fully saturated rings. The molecular formula is C20H20N2O2. The van der Waals surface area contributed by atoms with Crippen molar-refractivity contribution in [2.75, 3.05) is 13.1 Å². The second-order valence-corrected chi connectivity index (χ2v) is 5.81. The van der Waals surface area contributed by atoms with Gasteiger partial charge < -0.3 is 9.64 Å². The Labute approximate surface area is 142 Å². The summed E-state index contributed by atoms with van der Waals surface area (Å²) in [5, 5.41) is 8.85. The summed E-state index contributed by atoms with van der Waals surface area (Å²) in [4.78, 5) is 14.1. The van der Waals surface area contributed by atoms with Crippen LogP contribution < -0.4 is 0 Å². The Kier molecular flexibility index (Phi) is 4.64. The Balaban J connectivity index is 1.69. The maximum atomic E-state index is 12.3. The van der Waals surface area contributed by atoms with Gasteiger partial charge in [-0.2, -0.15) is 5.26 Å². The van der Waals surface area contributed by atoms with Crippen LogP contribution in [0.1, 0.15) is 53.1 Å². The average molecular weight is 320 g/mol. The molecule has 1 heterocycles. The van der Waals surface area contributed by atoms with E-state index in [1.54, 1.807) is 12.1 Å². The van der Waals surface area contributed by atoms with E-state index < -0.39 is 0 Å². The molecule has 3 rings (SSSR count). The van der Waals surface area contributed by atoms with Gasteiger partial charge in [0.15, 0.2) is 0 Å². The second-order valence-electron chi connectivity index (χ2n) is 5.81. The second kappa shape index (κ2) is 6.86. The van der Waals surface area contributed by atoms with Crippen LogP contribution in [-0.4, -0.2) is 23.9 Å². The molecule has 0 aromatic heterocycles. The molecule has 0 saturated carbocycles. The smallest absolute Gasteiger partial charge is 0.253 e. The maximum Gasteiger partial charge on any atom is 0.253 e. The van der Waals surface area contributed by atoms with Crippen LogP contribution in [0.2, 0.25) is 0 Å². The number of nitrogens with zero attached hydrogens (tertiary/aromatic N) is 2. The summed E-state index contributed by atoms with van der Waals surface area (Å²) in [7, 11) is 0. The minimum atomic E-state index is 0.0236. The van der Waals surface area contributed by atoms with Gasteiger partial charge in [0.2, 0.25) is 0 Å². The predicted molar refractivity (Wildman–Crippen MR) is 91.4 cm³/mol. The van der Waals surface area contributed by atoms with Gasteiger partial charge in [-0.3, -0.25) is 4.79 Å². The molecule has 2 aromatic rings. The van der Waals surface area contributed by atoms with Gasteiger partial charge in [-0.15, -0.1) is 0 Å². The topological polar surface area (TPSA) is 56.6 Å². The molecule has 0 unspecified atom stereocenters. The lowest BCUT2D eigenvalue weighted by Crippen LogP contribution is -2.30. The first kappa shape index (κ1) is 16.2. The molecule has 2 aromatic carbocycles. The van der Waals surface area contributed by atoms with Crippen LogP contribution in [0.4, 0.5) is 0 Å². The van der Waals surface area contributed by atoms with Gasteiger partial charge in [0.25, 0.3) is 5.91 Å². The van der Waals surface area contributed by atoms with E-state index in [4.69, 9.17) is 10.00 Å². The zero-order valence-corrected chi connectivity index (χ0v) is 13.9. The Morgan fingerprint density at radius 3 is 1.96 bits per heavy atom. The molecule has 1 amide bonds. The number of ether oxygens (including phenoxy) is 1. The van der Waals surface area contributed by atoms with Crippen molar-refractivity contribution in [1.82, 2.24) is 4.90 Å². The number of carbonyl (C=O) groups is 1. The van der Waals surface area contributed by atoms with Gasteiger partial charge in [0.1, 0.15) is 12.2 Å². The molecule has 122 valence electrons. The van der Waals surface area contributed by atoms with Gasteiger partial charge in [0.05, 0.1) is 11.6 Å². The molecule has 24 heavy (non-hydrogen) atoms. The number of benzene rings is 2. The summed E-state index contributed by atoms with van der Waals surface area (Å²) >= 11 is 0. The zero-order chi connectivity index (χ0) is 17.1. The minimum Gasteiger partial charge on any atom is -0.359 e. The van der Waals surface area contributed by atoms with Crippen molar-refractivity contribution in [1.29, 1.82) is 5.26 Å². The van der Waals surface area contributed by atoms with Gasteiger partial charge in [-0.25, -0.2) is 0 Å². The standard InChI is InChI=1S/C20H20N2O2/c1-3-22(4-2)20(23)17-11-9-16(10-12-17)19-18(24-19)15-7-5-14(13-21)6-8-15/h5-12,18-19H,3-4H2,1-2H3/t18-,19-/m0/s1. The molecule has 1 aliphatic rings. The van der Waals surface area contributed by atoms with Crippen LogP contribution in [-0.2, 0) is 4.74 Å². The molecule has 4 nitrogen and oxygen atoms in total. The first-order chi connectivity index (χ1) is 11.7. The Morgan fingerprint density at radius 2 is 1.50 bits per heavy atom. The maximum absolute atomic E-state index is 12.3. The van der Waals surface area contributed by atoms with Crippen molar-refractivity contribution in [2.24, 2.45) is 0 Å². The minimum absolute atomic E-state index is 0.0236. The molecule has 4 heteroatoms. The van der Waals surface area contributed by atoms with E-state index in [-0.39, 0.29) is 18.1 Å². The Bertz CT molecular complexity index is 756. The number of amides is 1. The lowest BCUT2D eigenvalue weighted by molar-refractivity contribution is 0.0773. The van der Waals surface area contributed by atoms with E-state index in [9.17, 15) is 4.79 Å². The molecule has 0 radical (unpaired) electrons. The summed E-state index contributed by atoms with van der Waals surface area (Å²) in [5.74, 6) is 0.0620. The molecular weight excluding hydrogens is 300 g/mol. The quantitative estimate of drug-likeness (QED) is 0.786. The van der Waals surface area contributed by atoms with Crippen LogP contribution in [0, 0.1) is 11.3 Å². The monoisotopic (exact) mass is 320 g/mol. The van der Waals surface area contributed by atoms with Crippen LogP contribution in [0.5, 0.6) is 0 Å². The van der Waals surface area contributed by atoms with Crippen molar-refractivity contribution in [3.05, 3.63) is 70.8 Å². The van der Waals surface area contributed by atoms with Crippen LogP contribution in [0.3, 0.4) is 0 Å². The van der Waals surface area contributed by atoms with Crippen molar-refractivity contribution in [3.63, 3.8) is 0 Å². The highest BCUT2D eigenvalue weighted by molar-refractivity contribution is 5.94. The number of epoxide rings is 1. The number of hydrogen-bond acceptors (Lipinski definition) is 3. The fourth-order valence-corrected chi connectivity index (χ4v) is 2.88. The fourth-order valence-electron chi connectivity index (χ4n) is 2.88. The van der Waals surface area contributed by atoms with E-state index in [0.717, 1.165) is 11.1 Å². The third kappa shape index (κ3) is 3.17. The lowest BCUT2D eigenvalue weighted by Gasteiger charge is -2.18. The molecule has 2 atom stereocenters.